The van der Waals surface area contributed by atoms with Crippen LogP contribution in [-0.4, -0.2) is 39.8 Å². The van der Waals surface area contributed by atoms with E-state index in [1.54, 1.807) is 0 Å². The summed E-state index contributed by atoms with van der Waals surface area (Å²) in [6.07, 6.45) is -2.57. The number of hydrogen-bond donors (Lipinski definition) is 1. The number of rotatable bonds is 6. The molecule has 1 aromatic heterocycles. The predicted octanol–water partition coefficient (Wildman–Crippen LogP) is 1.48. The second kappa shape index (κ2) is 6.48. The summed E-state index contributed by atoms with van der Waals surface area (Å²) >= 11 is 0. The van der Waals surface area contributed by atoms with Crippen molar-refractivity contribution in [1.29, 1.82) is 0 Å². The van der Waals surface area contributed by atoms with E-state index in [-0.39, 0.29) is 30.2 Å². The average Bonchev–Trinajstić information content (AvgIpc) is 2.87. The lowest BCUT2D eigenvalue weighted by molar-refractivity contribution is 0.0140. The van der Waals surface area contributed by atoms with Crippen LogP contribution in [0, 0.1) is 11.6 Å². The Morgan fingerprint density at radius 2 is 1.95 bits per heavy atom. The lowest BCUT2D eigenvalue weighted by Crippen LogP contribution is -2.13. The van der Waals surface area contributed by atoms with Gasteiger partial charge in [-0.1, -0.05) is 0 Å². The minimum absolute atomic E-state index is 0.0431. The largest absolute Gasteiger partial charge is 0.398 e. The molecule has 0 aliphatic rings. The van der Waals surface area contributed by atoms with Crippen molar-refractivity contribution < 1.29 is 22.3 Å². The summed E-state index contributed by atoms with van der Waals surface area (Å²) in [5.41, 5.74) is 5.66. The van der Waals surface area contributed by atoms with Gasteiger partial charge in [-0.3, -0.25) is 0 Å². The SMILES string of the molecule is Nc1cc(F)c(F)cc1-c1nnnn1CCOCC(F)F. The van der Waals surface area contributed by atoms with Crippen LogP contribution < -0.4 is 5.73 Å². The van der Waals surface area contributed by atoms with Crippen molar-refractivity contribution >= 4 is 5.69 Å². The van der Waals surface area contributed by atoms with Crippen molar-refractivity contribution in [1.82, 2.24) is 20.2 Å². The summed E-state index contributed by atoms with van der Waals surface area (Å²) < 4.78 is 56.0. The van der Waals surface area contributed by atoms with Gasteiger partial charge in [0.15, 0.2) is 17.5 Å². The van der Waals surface area contributed by atoms with Crippen LogP contribution in [0.1, 0.15) is 0 Å². The van der Waals surface area contributed by atoms with Crippen molar-refractivity contribution in [3.8, 4) is 11.4 Å². The summed E-state index contributed by atoms with van der Waals surface area (Å²) in [5.74, 6) is -2.09. The topological polar surface area (TPSA) is 78.9 Å². The van der Waals surface area contributed by atoms with Crippen LogP contribution in [0.2, 0.25) is 0 Å². The lowest BCUT2D eigenvalue weighted by Gasteiger charge is -2.08. The molecule has 0 saturated heterocycles. The summed E-state index contributed by atoms with van der Waals surface area (Å²) in [4.78, 5) is 0. The van der Waals surface area contributed by atoms with Gasteiger partial charge in [0.2, 0.25) is 0 Å². The number of halogens is 4. The first-order valence-electron chi connectivity index (χ1n) is 5.86. The number of ether oxygens (including phenoxy) is 1. The summed E-state index contributed by atoms with van der Waals surface area (Å²) in [7, 11) is 0. The molecule has 21 heavy (non-hydrogen) atoms. The third-order valence-electron chi connectivity index (χ3n) is 2.56. The minimum atomic E-state index is -2.57. The van der Waals surface area contributed by atoms with Crippen LogP contribution in [0.4, 0.5) is 23.2 Å². The molecule has 2 N–H and O–H groups in total. The normalized spacial score (nSPS) is 11.3. The maximum atomic E-state index is 13.3. The molecule has 2 rings (SSSR count). The molecule has 0 fully saturated rings. The van der Waals surface area contributed by atoms with E-state index in [9.17, 15) is 17.6 Å². The first kappa shape index (κ1) is 15.2. The van der Waals surface area contributed by atoms with E-state index >= 15 is 0 Å². The van der Waals surface area contributed by atoms with Gasteiger partial charge >= 0.3 is 0 Å². The van der Waals surface area contributed by atoms with Gasteiger partial charge < -0.3 is 10.5 Å². The number of tetrazole rings is 1. The zero-order valence-corrected chi connectivity index (χ0v) is 10.6. The first-order valence-corrected chi connectivity index (χ1v) is 5.86. The van der Waals surface area contributed by atoms with E-state index in [2.05, 4.69) is 15.5 Å². The van der Waals surface area contributed by atoms with Gasteiger partial charge in [-0.05, 0) is 16.5 Å². The Balaban J connectivity index is 2.15. The fourth-order valence-corrected chi connectivity index (χ4v) is 1.63. The molecule has 114 valence electrons. The number of nitrogen functional groups attached to an aromatic ring is 1. The standard InChI is InChI=1S/C11H11F4N5O/c12-7-3-6(9(16)4-8(7)13)11-17-18-19-20(11)1-2-21-5-10(14)15/h3-4,10H,1-2,5,16H2. The Hall–Kier alpha value is -2.23. The fourth-order valence-electron chi connectivity index (χ4n) is 1.63. The summed E-state index contributed by atoms with van der Waals surface area (Å²) in [6, 6.07) is 1.68. The van der Waals surface area contributed by atoms with Crippen molar-refractivity contribution in [3.05, 3.63) is 23.8 Å². The van der Waals surface area contributed by atoms with Gasteiger partial charge in [-0.15, -0.1) is 5.10 Å². The molecule has 0 aliphatic carbocycles. The number of nitrogens with two attached hydrogens (primary N) is 1. The summed E-state index contributed by atoms with van der Waals surface area (Å²) in [6.45, 7) is -0.704. The Bertz CT molecular complexity index is 619. The fraction of sp³-hybridized carbons (Fsp3) is 0.364. The molecule has 0 unspecified atom stereocenters. The molecule has 1 aromatic carbocycles. The van der Waals surface area contributed by atoms with Crippen molar-refractivity contribution in [2.24, 2.45) is 0 Å². The highest BCUT2D eigenvalue weighted by atomic mass is 19.3. The Morgan fingerprint density at radius 3 is 2.67 bits per heavy atom. The van der Waals surface area contributed by atoms with Crippen molar-refractivity contribution in [3.63, 3.8) is 0 Å². The highest BCUT2D eigenvalue weighted by molar-refractivity contribution is 5.71. The van der Waals surface area contributed by atoms with E-state index in [1.165, 1.54) is 4.68 Å². The maximum absolute atomic E-state index is 13.3. The molecule has 0 radical (unpaired) electrons. The maximum Gasteiger partial charge on any atom is 0.261 e. The second-order valence-corrected chi connectivity index (χ2v) is 4.05. The van der Waals surface area contributed by atoms with Gasteiger partial charge in [-0.25, -0.2) is 22.2 Å². The predicted molar refractivity (Wildman–Crippen MR) is 64.4 cm³/mol. The van der Waals surface area contributed by atoms with E-state index in [4.69, 9.17) is 10.5 Å². The molecule has 0 spiro atoms. The second-order valence-electron chi connectivity index (χ2n) is 4.05. The molecule has 0 aliphatic heterocycles. The molecular weight excluding hydrogens is 294 g/mol. The quantitative estimate of drug-likeness (QED) is 0.497. The zero-order chi connectivity index (χ0) is 15.4. The highest BCUT2D eigenvalue weighted by Gasteiger charge is 2.15. The van der Waals surface area contributed by atoms with E-state index in [0.717, 1.165) is 12.1 Å². The average molecular weight is 305 g/mol. The van der Waals surface area contributed by atoms with E-state index < -0.39 is 24.7 Å². The number of aromatic nitrogens is 4. The Morgan fingerprint density at radius 1 is 1.24 bits per heavy atom. The monoisotopic (exact) mass is 305 g/mol. The number of anilines is 1. The molecule has 0 bridgehead atoms. The van der Waals surface area contributed by atoms with Crippen LogP contribution in [-0.2, 0) is 11.3 Å². The number of hydrogen-bond acceptors (Lipinski definition) is 5. The van der Waals surface area contributed by atoms with Gasteiger partial charge in [0.05, 0.1) is 13.2 Å². The van der Waals surface area contributed by atoms with E-state index in [0.29, 0.717) is 0 Å². The van der Waals surface area contributed by atoms with Crippen LogP contribution in [0.25, 0.3) is 11.4 Å². The minimum Gasteiger partial charge on any atom is -0.398 e. The number of nitrogens with zero attached hydrogens (tertiary/aromatic N) is 4. The molecular formula is C11H11F4N5O. The third kappa shape index (κ3) is 3.66. The van der Waals surface area contributed by atoms with Gasteiger partial charge in [0, 0.05) is 17.3 Å². The van der Waals surface area contributed by atoms with Gasteiger partial charge in [0.25, 0.3) is 6.43 Å². The van der Waals surface area contributed by atoms with Crippen LogP contribution in [0.15, 0.2) is 12.1 Å². The molecule has 1 heterocycles. The molecule has 6 nitrogen and oxygen atoms in total. The molecule has 10 heteroatoms. The van der Waals surface area contributed by atoms with Gasteiger partial charge in [-0.2, -0.15) is 0 Å². The van der Waals surface area contributed by atoms with Crippen LogP contribution >= 0.6 is 0 Å². The molecule has 0 saturated carbocycles. The Kier molecular flexibility index (Phi) is 4.68. The smallest absolute Gasteiger partial charge is 0.261 e. The number of benzene rings is 1. The molecule has 0 amide bonds. The van der Waals surface area contributed by atoms with E-state index in [1.807, 2.05) is 0 Å². The zero-order valence-electron chi connectivity index (χ0n) is 10.6. The lowest BCUT2D eigenvalue weighted by atomic mass is 10.1. The molecule has 0 atom stereocenters. The number of alkyl halides is 2. The van der Waals surface area contributed by atoms with Gasteiger partial charge in [0.1, 0.15) is 6.61 Å². The molecule has 2 aromatic rings. The van der Waals surface area contributed by atoms with Crippen molar-refractivity contribution in [2.45, 2.75) is 13.0 Å². The third-order valence-corrected chi connectivity index (χ3v) is 2.56. The first-order chi connectivity index (χ1) is 9.99. The Labute approximate surface area is 116 Å². The van der Waals surface area contributed by atoms with Crippen LogP contribution in [0.5, 0.6) is 0 Å². The summed E-state index contributed by atoms with van der Waals surface area (Å²) in [5, 5.41) is 10.7. The van der Waals surface area contributed by atoms with Crippen molar-refractivity contribution in [2.75, 3.05) is 18.9 Å². The highest BCUT2D eigenvalue weighted by Crippen LogP contribution is 2.26. The van der Waals surface area contributed by atoms with Crippen LogP contribution in [0.3, 0.4) is 0 Å².